The van der Waals surface area contributed by atoms with Crippen LogP contribution in [0.5, 0.6) is 5.75 Å². The number of benzene rings is 2. The van der Waals surface area contributed by atoms with Gasteiger partial charge in [0.15, 0.2) is 5.11 Å². The fraction of sp³-hybridized carbons (Fsp3) is 0.0526. The normalized spacial score (nSPS) is 10.9. The van der Waals surface area contributed by atoms with Gasteiger partial charge in [-0.15, -0.1) is 0 Å². The summed E-state index contributed by atoms with van der Waals surface area (Å²) in [7, 11) is -3.87. The Bertz CT molecular complexity index is 1250. The summed E-state index contributed by atoms with van der Waals surface area (Å²) in [6, 6.07) is 11.4. The second-order valence-corrected chi connectivity index (χ2v) is 8.36. The Hall–Kier alpha value is -3.77. The van der Waals surface area contributed by atoms with E-state index < -0.39 is 21.7 Å². The number of thiocarbonyl (C=S) groups is 1. The number of nitrogens with zero attached hydrogens (tertiary/aromatic N) is 2. The van der Waals surface area contributed by atoms with E-state index in [9.17, 15) is 18.3 Å². The molecule has 3 rings (SSSR count). The topological polar surface area (TPSA) is 154 Å². The Morgan fingerprint density at radius 3 is 2.29 bits per heavy atom. The van der Waals surface area contributed by atoms with Gasteiger partial charge in [0, 0.05) is 29.3 Å². The standard InChI is InChI=1S/C19H17N5O5S2/c1-11-8-9-20-18(21-11)24-31(28,29)14-5-2-12(3-6-14)22-19(30)23-13-4-7-15(17(26)27)16(25)10-13/h2-10,25H,1H3,(H,26,27)(H,20,21,24)(H2,22,23,30). The van der Waals surface area contributed by atoms with Gasteiger partial charge in [0.2, 0.25) is 5.95 Å². The molecule has 0 bridgehead atoms. The van der Waals surface area contributed by atoms with Crippen LogP contribution in [0.2, 0.25) is 0 Å². The third-order valence-electron chi connectivity index (χ3n) is 3.93. The maximum absolute atomic E-state index is 12.5. The van der Waals surface area contributed by atoms with Crippen molar-refractivity contribution in [2.45, 2.75) is 11.8 Å². The number of phenols is 1. The Morgan fingerprint density at radius 1 is 1.03 bits per heavy atom. The Kier molecular flexibility index (Phi) is 6.32. The van der Waals surface area contributed by atoms with E-state index >= 15 is 0 Å². The number of carboxylic acids is 1. The van der Waals surface area contributed by atoms with Crippen LogP contribution in [0.4, 0.5) is 17.3 Å². The summed E-state index contributed by atoms with van der Waals surface area (Å²) in [6.45, 7) is 1.72. The van der Waals surface area contributed by atoms with Crippen molar-refractivity contribution in [3.8, 4) is 5.75 Å². The number of anilines is 3. The van der Waals surface area contributed by atoms with E-state index in [1.165, 1.54) is 48.7 Å². The molecular weight excluding hydrogens is 442 g/mol. The maximum atomic E-state index is 12.5. The van der Waals surface area contributed by atoms with E-state index in [1.807, 2.05) is 0 Å². The first-order chi connectivity index (χ1) is 14.6. The summed E-state index contributed by atoms with van der Waals surface area (Å²) in [6.07, 6.45) is 1.45. The molecule has 160 valence electrons. The van der Waals surface area contributed by atoms with Gasteiger partial charge in [-0.1, -0.05) is 0 Å². The monoisotopic (exact) mass is 459 g/mol. The molecule has 31 heavy (non-hydrogen) atoms. The summed E-state index contributed by atoms with van der Waals surface area (Å²) in [5.41, 5.74) is 1.28. The van der Waals surface area contributed by atoms with E-state index in [1.54, 1.807) is 13.0 Å². The molecule has 0 radical (unpaired) electrons. The van der Waals surface area contributed by atoms with Gasteiger partial charge < -0.3 is 20.8 Å². The Labute approximate surface area is 183 Å². The molecule has 0 saturated heterocycles. The second-order valence-electron chi connectivity index (χ2n) is 6.27. The molecule has 0 fully saturated rings. The van der Waals surface area contributed by atoms with E-state index in [-0.39, 0.29) is 21.5 Å². The van der Waals surface area contributed by atoms with Crippen molar-refractivity contribution in [1.29, 1.82) is 0 Å². The van der Waals surface area contributed by atoms with Gasteiger partial charge in [-0.05, 0) is 61.6 Å². The molecule has 0 spiro atoms. The smallest absolute Gasteiger partial charge is 0.339 e. The van der Waals surface area contributed by atoms with Crippen LogP contribution >= 0.6 is 12.2 Å². The highest BCUT2D eigenvalue weighted by Gasteiger charge is 2.16. The van der Waals surface area contributed by atoms with Crippen LogP contribution in [0, 0.1) is 6.92 Å². The van der Waals surface area contributed by atoms with Crippen LogP contribution in [0.15, 0.2) is 59.6 Å². The molecule has 0 unspecified atom stereocenters. The fourth-order valence-electron chi connectivity index (χ4n) is 2.48. The zero-order valence-electron chi connectivity index (χ0n) is 16.0. The highest BCUT2D eigenvalue weighted by atomic mass is 32.2. The molecule has 12 heteroatoms. The molecule has 0 amide bonds. The number of hydrogen-bond donors (Lipinski definition) is 5. The van der Waals surface area contributed by atoms with Gasteiger partial charge in [0.05, 0.1) is 4.90 Å². The number of rotatable bonds is 6. The van der Waals surface area contributed by atoms with Crippen molar-refractivity contribution >= 4 is 50.6 Å². The van der Waals surface area contributed by atoms with E-state index in [2.05, 4.69) is 25.3 Å². The van der Waals surface area contributed by atoms with Crippen LogP contribution in [0.3, 0.4) is 0 Å². The number of aromatic carboxylic acids is 1. The summed E-state index contributed by atoms with van der Waals surface area (Å²) in [5.74, 6) is -1.67. The summed E-state index contributed by atoms with van der Waals surface area (Å²) in [5, 5.41) is 24.5. The average molecular weight is 460 g/mol. The average Bonchev–Trinajstić information content (AvgIpc) is 2.67. The third kappa shape index (κ3) is 5.65. The second kappa shape index (κ2) is 8.93. The summed E-state index contributed by atoms with van der Waals surface area (Å²) in [4.78, 5) is 18.8. The van der Waals surface area contributed by atoms with Crippen molar-refractivity contribution in [2.75, 3.05) is 15.4 Å². The van der Waals surface area contributed by atoms with Crippen molar-refractivity contribution in [1.82, 2.24) is 9.97 Å². The van der Waals surface area contributed by atoms with Gasteiger partial charge in [0.1, 0.15) is 11.3 Å². The molecule has 0 aliphatic heterocycles. The highest BCUT2D eigenvalue weighted by molar-refractivity contribution is 7.92. The van der Waals surface area contributed by atoms with Crippen LogP contribution in [0.1, 0.15) is 16.1 Å². The maximum Gasteiger partial charge on any atom is 0.339 e. The number of aromatic nitrogens is 2. The minimum absolute atomic E-state index is 0.0104. The van der Waals surface area contributed by atoms with Crippen LogP contribution in [-0.2, 0) is 10.0 Å². The first kappa shape index (κ1) is 21.9. The van der Waals surface area contributed by atoms with E-state index in [0.717, 1.165) is 0 Å². The molecule has 0 aliphatic carbocycles. The number of carboxylic acid groups (broad SMARTS) is 1. The summed E-state index contributed by atoms with van der Waals surface area (Å²) >= 11 is 5.18. The number of hydrogen-bond acceptors (Lipinski definition) is 7. The summed E-state index contributed by atoms with van der Waals surface area (Å²) < 4.78 is 27.3. The fourth-order valence-corrected chi connectivity index (χ4v) is 3.66. The van der Waals surface area contributed by atoms with E-state index in [0.29, 0.717) is 17.1 Å². The molecule has 5 N–H and O–H groups in total. The third-order valence-corrected chi connectivity index (χ3v) is 5.48. The number of aryl methyl sites for hydroxylation is 1. The lowest BCUT2D eigenvalue weighted by molar-refractivity contribution is 0.0693. The quantitative estimate of drug-likeness (QED) is 0.348. The predicted octanol–water partition coefficient (Wildman–Crippen LogP) is 2.80. The minimum atomic E-state index is -3.87. The molecule has 1 aromatic heterocycles. The molecule has 0 aliphatic rings. The molecular formula is C19H17N5O5S2. The predicted molar refractivity (Wildman–Crippen MR) is 119 cm³/mol. The van der Waals surface area contributed by atoms with Crippen molar-refractivity contribution < 1.29 is 23.4 Å². The van der Waals surface area contributed by atoms with Crippen LogP contribution < -0.4 is 15.4 Å². The van der Waals surface area contributed by atoms with E-state index in [4.69, 9.17) is 17.3 Å². The van der Waals surface area contributed by atoms with Gasteiger partial charge in [-0.3, -0.25) is 0 Å². The molecule has 2 aromatic carbocycles. The van der Waals surface area contributed by atoms with Crippen LogP contribution in [-0.4, -0.2) is 39.7 Å². The number of carbonyl (C=O) groups is 1. The van der Waals surface area contributed by atoms with Crippen molar-refractivity contribution in [3.63, 3.8) is 0 Å². The SMILES string of the molecule is Cc1ccnc(NS(=O)(=O)c2ccc(NC(=S)Nc3ccc(C(=O)O)c(O)c3)cc2)n1. The number of sulfonamides is 1. The van der Waals surface area contributed by atoms with Crippen LogP contribution in [0.25, 0.3) is 0 Å². The molecule has 3 aromatic rings. The highest BCUT2D eigenvalue weighted by Crippen LogP contribution is 2.22. The van der Waals surface area contributed by atoms with Gasteiger partial charge in [0.25, 0.3) is 10.0 Å². The molecule has 1 heterocycles. The van der Waals surface area contributed by atoms with Crippen molar-refractivity contribution in [3.05, 3.63) is 66.0 Å². The lowest BCUT2D eigenvalue weighted by atomic mass is 10.2. The molecule has 0 saturated carbocycles. The lowest BCUT2D eigenvalue weighted by Gasteiger charge is -2.12. The van der Waals surface area contributed by atoms with Crippen molar-refractivity contribution in [2.24, 2.45) is 0 Å². The number of nitrogens with one attached hydrogen (secondary N) is 3. The Morgan fingerprint density at radius 2 is 1.68 bits per heavy atom. The first-order valence-electron chi connectivity index (χ1n) is 8.71. The van der Waals surface area contributed by atoms with Gasteiger partial charge >= 0.3 is 5.97 Å². The first-order valence-corrected chi connectivity index (χ1v) is 10.6. The van der Waals surface area contributed by atoms with Gasteiger partial charge in [-0.25, -0.2) is 27.9 Å². The molecule has 0 atom stereocenters. The molecule has 10 nitrogen and oxygen atoms in total. The largest absolute Gasteiger partial charge is 0.507 e. The minimum Gasteiger partial charge on any atom is -0.507 e. The lowest BCUT2D eigenvalue weighted by Crippen LogP contribution is -2.19. The Balaban J connectivity index is 1.65. The zero-order chi connectivity index (χ0) is 22.6. The van der Waals surface area contributed by atoms with Gasteiger partial charge in [-0.2, -0.15) is 0 Å². The zero-order valence-corrected chi connectivity index (χ0v) is 17.7. The number of aromatic hydroxyl groups is 1.